The van der Waals surface area contributed by atoms with Crippen LogP contribution in [-0.2, 0) is 24.7 Å². The predicted octanol–water partition coefficient (Wildman–Crippen LogP) is 2.85. The van der Waals surface area contributed by atoms with Crippen LogP contribution in [-0.4, -0.2) is 30.3 Å². The molecule has 5 nitrogen and oxygen atoms in total. The van der Waals surface area contributed by atoms with E-state index in [1.807, 2.05) is 0 Å². The number of ether oxygens (including phenoxy) is 2. The zero-order valence-electron chi connectivity index (χ0n) is 13.0. The fraction of sp³-hybridized carbons (Fsp3) is 0.467. The van der Waals surface area contributed by atoms with Gasteiger partial charge in [-0.2, -0.15) is 0 Å². The van der Waals surface area contributed by atoms with E-state index in [2.05, 4.69) is 9.47 Å². The number of esters is 2. The summed E-state index contributed by atoms with van der Waals surface area (Å²) in [5.74, 6) is -6.60. The molecule has 0 heterocycles. The molecule has 0 fully saturated rings. The maximum absolute atomic E-state index is 14.2. The number of hydrogen-bond acceptors (Lipinski definition) is 5. The Labute approximate surface area is 141 Å². The summed E-state index contributed by atoms with van der Waals surface area (Å²) in [4.78, 5) is 23.3. The molecule has 0 atom stereocenters. The second kappa shape index (κ2) is 8.34. The van der Waals surface area contributed by atoms with Crippen LogP contribution in [0.3, 0.4) is 0 Å². The lowest BCUT2D eigenvalue weighted by Gasteiger charge is -2.27. The maximum atomic E-state index is 14.2. The Kier molecular flexibility index (Phi) is 7.04. The molecule has 134 valence electrons. The number of aliphatic hydroxyl groups is 1. The highest BCUT2D eigenvalue weighted by molar-refractivity contribution is 6.31. The van der Waals surface area contributed by atoms with Gasteiger partial charge < -0.3 is 14.6 Å². The van der Waals surface area contributed by atoms with Gasteiger partial charge in [-0.1, -0.05) is 11.6 Å². The zero-order chi connectivity index (χ0) is 18.5. The van der Waals surface area contributed by atoms with Gasteiger partial charge in [0.25, 0.3) is 0 Å². The summed E-state index contributed by atoms with van der Waals surface area (Å²) in [6.45, 7) is 2.93. The van der Waals surface area contributed by atoms with Gasteiger partial charge in [0, 0.05) is 5.56 Å². The van der Waals surface area contributed by atoms with Crippen LogP contribution < -0.4 is 0 Å². The van der Waals surface area contributed by atoms with Crippen LogP contribution in [0.15, 0.2) is 6.07 Å². The van der Waals surface area contributed by atoms with E-state index in [-0.39, 0.29) is 13.2 Å². The van der Waals surface area contributed by atoms with Gasteiger partial charge >= 0.3 is 11.9 Å². The normalized spacial score (nSPS) is 11.3. The van der Waals surface area contributed by atoms with E-state index in [1.54, 1.807) is 0 Å². The van der Waals surface area contributed by atoms with Crippen LogP contribution >= 0.6 is 11.6 Å². The Bertz CT molecular complexity index is 616. The molecule has 0 spiro atoms. The Balaban J connectivity index is 3.36. The smallest absolute Gasteiger partial charge is 0.309 e. The molecule has 0 aliphatic heterocycles. The topological polar surface area (TPSA) is 72.8 Å². The number of halogens is 4. The van der Waals surface area contributed by atoms with E-state index in [4.69, 9.17) is 11.6 Å². The van der Waals surface area contributed by atoms with Crippen molar-refractivity contribution in [3.63, 3.8) is 0 Å². The maximum Gasteiger partial charge on any atom is 0.309 e. The number of hydrogen-bond donors (Lipinski definition) is 1. The third-order valence-corrected chi connectivity index (χ3v) is 3.42. The van der Waals surface area contributed by atoms with Gasteiger partial charge in [-0.3, -0.25) is 9.59 Å². The summed E-state index contributed by atoms with van der Waals surface area (Å²) in [7, 11) is 0. The van der Waals surface area contributed by atoms with E-state index in [0.29, 0.717) is 6.07 Å². The molecule has 0 aliphatic carbocycles. The summed E-state index contributed by atoms with van der Waals surface area (Å²) in [6, 6.07) is 0.342. The summed E-state index contributed by atoms with van der Waals surface area (Å²) in [6.07, 6.45) is -1.75. The molecule has 0 amide bonds. The predicted molar refractivity (Wildman–Crippen MR) is 77.7 cm³/mol. The van der Waals surface area contributed by atoms with Crippen LogP contribution in [0.5, 0.6) is 0 Å². The Morgan fingerprint density at radius 3 is 1.96 bits per heavy atom. The van der Waals surface area contributed by atoms with E-state index in [9.17, 15) is 27.9 Å². The van der Waals surface area contributed by atoms with E-state index < -0.39 is 58.4 Å². The molecule has 24 heavy (non-hydrogen) atoms. The molecule has 0 unspecified atom stereocenters. The fourth-order valence-electron chi connectivity index (χ4n) is 2.07. The van der Waals surface area contributed by atoms with Crippen molar-refractivity contribution in [2.45, 2.75) is 32.3 Å². The lowest BCUT2D eigenvalue weighted by Crippen LogP contribution is -2.34. The third-order valence-electron chi connectivity index (χ3n) is 3.09. The van der Waals surface area contributed by atoms with Crippen LogP contribution in [0.1, 0.15) is 32.3 Å². The summed E-state index contributed by atoms with van der Waals surface area (Å²) in [5, 5.41) is 9.41. The molecule has 1 aromatic carbocycles. The molecule has 0 aliphatic rings. The van der Waals surface area contributed by atoms with Crippen molar-refractivity contribution < 1.29 is 37.3 Å². The van der Waals surface area contributed by atoms with Gasteiger partial charge in [-0.25, -0.2) is 13.2 Å². The van der Waals surface area contributed by atoms with E-state index >= 15 is 0 Å². The molecule has 1 N–H and O–H groups in total. The standard InChI is InChI=1S/C15H16ClF3O5/c1-3-23-10(20)6-15(22,7-11(21)24-4-2)8-5-9(17)14(19)12(16)13(8)18/h5,22H,3-4,6-7H2,1-2H3. The lowest BCUT2D eigenvalue weighted by atomic mass is 9.86. The van der Waals surface area contributed by atoms with Crippen LogP contribution in [0.25, 0.3) is 0 Å². The monoisotopic (exact) mass is 368 g/mol. The Morgan fingerprint density at radius 2 is 1.54 bits per heavy atom. The largest absolute Gasteiger partial charge is 0.466 e. The molecule has 9 heteroatoms. The van der Waals surface area contributed by atoms with Gasteiger partial charge in [0.05, 0.1) is 26.1 Å². The van der Waals surface area contributed by atoms with Crippen molar-refractivity contribution in [3.8, 4) is 0 Å². The Hall–Kier alpha value is -1.80. The van der Waals surface area contributed by atoms with Crippen LogP contribution in [0.2, 0.25) is 5.02 Å². The molecular formula is C15H16ClF3O5. The molecular weight excluding hydrogens is 353 g/mol. The van der Waals surface area contributed by atoms with Gasteiger partial charge in [0.1, 0.15) is 10.6 Å². The van der Waals surface area contributed by atoms with Gasteiger partial charge in [0.15, 0.2) is 17.5 Å². The number of benzene rings is 1. The minimum absolute atomic E-state index is 0.0324. The second-order valence-electron chi connectivity index (χ2n) is 4.84. The first-order chi connectivity index (χ1) is 11.2. The Morgan fingerprint density at radius 1 is 1.08 bits per heavy atom. The highest BCUT2D eigenvalue weighted by Gasteiger charge is 2.40. The molecule has 0 saturated heterocycles. The first kappa shape index (κ1) is 20.2. The van der Waals surface area contributed by atoms with Crippen LogP contribution in [0.4, 0.5) is 13.2 Å². The molecule has 0 aromatic heterocycles. The van der Waals surface area contributed by atoms with Crippen molar-refractivity contribution in [1.29, 1.82) is 0 Å². The van der Waals surface area contributed by atoms with Gasteiger partial charge in [0.2, 0.25) is 0 Å². The molecule has 0 saturated carbocycles. The van der Waals surface area contributed by atoms with Crippen LogP contribution in [0, 0.1) is 17.5 Å². The number of carbonyl (C=O) groups is 2. The first-order valence-electron chi connectivity index (χ1n) is 7.03. The van der Waals surface area contributed by atoms with Crippen molar-refractivity contribution >= 4 is 23.5 Å². The third kappa shape index (κ3) is 4.61. The lowest BCUT2D eigenvalue weighted by molar-refractivity contribution is -0.156. The minimum Gasteiger partial charge on any atom is -0.466 e. The second-order valence-corrected chi connectivity index (χ2v) is 5.22. The molecule has 1 aromatic rings. The summed E-state index contributed by atoms with van der Waals surface area (Å²) < 4.78 is 50.4. The van der Waals surface area contributed by atoms with E-state index in [0.717, 1.165) is 0 Å². The number of carbonyl (C=O) groups excluding carboxylic acids is 2. The van der Waals surface area contributed by atoms with Gasteiger partial charge in [-0.05, 0) is 19.9 Å². The highest BCUT2D eigenvalue weighted by atomic mass is 35.5. The van der Waals surface area contributed by atoms with Crippen molar-refractivity contribution in [2.75, 3.05) is 13.2 Å². The van der Waals surface area contributed by atoms with Crippen molar-refractivity contribution in [2.24, 2.45) is 0 Å². The molecule has 0 radical (unpaired) electrons. The quantitative estimate of drug-likeness (QED) is 0.455. The first-order valence-corrected chi connectivity index (χ1v) is 7.41. The van der Waals surface area contributed by atoms with Gasteiger partial charge in [-0.15, -0.1) is 0 Å². The van der Waals surface area contributed by atoms with E-state index in [1.165, 1.54) is 13.8 Å². The SMILES string of the molecule is CCOC(=O)CC(O)(CC(=O)OCC)c1cc(F)c(F)c(Cl)c1F. The summed E-state index contributed by atoms with van der Waals surface area (Å²) >= 11 is 5.36. The molecule has 0 bridgehead atoms. The summed E-state index contributed by atoms with van der Waals surface area (Å²) in [5.41, 5.74) is -3.35. The minimum atomic E-state index is -2.51. The molecule has 1 rings (SSSR count). The fourth-order valence-corrected chi connectivity index (χ4v) is 2.26. The van der Waals surface area contributed by atoms with Crippen molar-refractivity contribution in [1.82, 2.24) is 0 Å². The zero-order valence-corrected chi connectivity index (χ0v) is 13.8. The average molecular weight is 369 g/mol. The van der Waals surface area contributed by atoms with Crippen molar-refractivity contribution in [3.05, 3.63) is 34.1 Å². The number of rotatable bonds is 7. The average Bonchev–Trinajstić information content (AvgIpc) is 2.48. The highest BCUT2D eigenvalue weighted by Crippen LogP contribution is 2.36.